The molecule has 1 aliphatic rings. The normalized spacial score (nSPS) is 18.9. The number of piperidine rings is 1. The van der Waals surface area contributed by atoms with Crippen LogP contribution in [0, 0.1) is 0 Å². The molecule has 1 aliphatic heterocycles. The highest BCUT2D eigenvalue weighted by molar-refractivity contribution is 8.00. The van der Waals surface area contributed by atoms with E-state index in [2.05, 4.69) is 0 Å². The van der Waals surface area contributed by atoms with E-state index in [9.17, 15) is 9.59 Å². The number of nitrogens with zero attached hydrogens (tertiary/aromatic N) is 1. The summed E-state index contributed by atoms with van der Waals surface area (Å²) in [6, 6.07) is 7.73. The third-order valence-corrected chi connectivity index (χ3v) is 5.42. The monoisotopic (exact) mass is 351 g/mol. The van der Waals surface area contributed by atoms with Gasteiger partial charge in [0.25, 0.3) is 0 Å². The van der Waals surface area contributed by atoms with Crippen molar-refractivity contribution in [1.29, 1.82) is 0 Å². The number of carbonyl (C=O) groups excluding carboxylic acids is 1. The molecular weight excluding hydrogens is 326 g/mol. The summed E-state index contributed by atoms with van der Waals surface area (Å²) in [5.41, 5.74) is 0. The molecule has 2 rings (SSSR count). The minimum atomic E-state index is -0.798. The van der Waals surface area contributed by atoms with Crippen LogP contribution in [0.2, 0.25) is 0 Å². The number of rotatable bonds is 7. The van der Waals surface area contributed by atoms with E-state index in [1.165, 1.54) is 11.8 Å². The van der Waals surface area contributed by atoms with Crippen LogP contribution in [-0.4, -0.2) is 46.8 Å². The Morgan fingerprint density at radius 3 is 2.67 bits per heavy atom. The fourth-order valence-corrected chi connectivity index (χ4v) is 3.96. The lowest BCUT2D eigenvalue weighted by molar-refractivity contribution is -0.139. The molecule has 1 N–H and O–H groups in total. The highest BCUT2D eigenvalue weighted by Crippen LogP contribution is 2.29. The molecule has 0 spiro atoms. The number of methoxy groups -OCH3 is 1. The Balaban J connectivity index is 1.97. The SMILES string of the molecule is COc1ccc(SC(C)C(=O)N2CCCCC2CCC(=O)O)cc1. The molecule has 0 aromatic heterocycles. The van der Waals surface area contributed by atoms with Crippen molar-refractivity contribution in [1.82, 2.24) is 4.90 Å². The van der Waals surface area contributed by atoms with Gasteiger partial charge in [-0.2, -0.15) is 0 Å². The summed E-state index contributed by atoms with van der Waals surface area (Å²) >= 11 is 1.53. The Kier molecular flexibility index (Phi) is 6.97. The van der Waals surface area contributed by atoms with Gasteiger partial charge in [-0.05, 0) is 56.9 Å². The molecule has 0 radical (unpaired) electrons. The van der Waals surface area contributed by atoms with Crippen LogP contribution in [0.3, 0.4) is 0 Å². The van der Waals surface area contributed by atoms with Gasteiger partial charge >= 0.3 is 5.97 Å². The number of benzene rings is 1. The van der Waals surface area contributed by atoms with E-state index in [0.717, 1.165) is 36.5 Å². The van der Waals surface area contributed by atoms with Crippen molar-refractivity contribution >= 4 is 23.6 Å². The van der Waals surface area contributed by atoms with Crippen molar-refractivity contribution in [2.24, 2.45) is 0 Å². The number of amides is 1. The number of likely N-dealkylation sites (tertiary alicyclic amines) is 1. The van der Waals surface area contributed by atoms with Crippen LogP contribution in [0.15, 0.2) is 29.2 Å². The first-order valence-electron chi connectivity index (χ1n) is 8.34. The van der Waals surface area contributed by atoms with E-state index in [-0.39, 0.29) is 23.6 Å². The Morgan fingerprint density at radius 1 is 1.33 bits per heavy atom. The molecule has 1 heterocycles. The number of carboxylic acids is 1. The first-order valence-corrected chi connectivity index (χ1v) is 9.22. The molecule has 6 heteroatoms. The average molecular weight is 351 g/mol. The molecule has 5 nitrogen and oxygen atoms in total. The van der Waals surface area contributed by atoms with E-state index < -0.39 is 5.97 Å². The predicted octanol–water partition coefficient (Wildman–Crippen LogP) is 3.42. The smallest absolute Gasteiger partial charge is 0.303 e. The summed E-state index contributed by atoms with van der Waals surface area (Å²) in [5, 5.41) is 8.71. The fourth-order valence-electron chi connectivity index (χ4n) is 3.02. The molecule has 1 aromatic carbocycles. The maximum absolute atomic E-state index is 12.8. The van der Waals surface area contributed by atoms with Crippen LogP contribution in [0.25, 0.3) is 0 Å². The number of ether oxygens (including phenoxy) is 1. The number of carbonyl (C=O) groups is 2. The van der Waals surface area contributed by atoms with Crippen LogP contribution in [0.4, 0.5) is 0 Å². The van der Waals surface area contributed by atoms with Crippen molar-refractivity contribution in [2.45, 2.75) is 55.2 Å². The van der Waals surface area contributed by atoms with Gasteiger partial charge in [-0.15, -0.1) is 11.8 Å². The standard InChI is InChI=1S/C18H25NO4S/c1-13(24-16-9-7-15(23-2)8-10-16)18(22)19-12-4-3-5-14(19)6-11-17(20)21/h7-10,13-14H,3-6,11-12H2,1-2H3,(H,20,21). The van der Waals surface area contributed by atoms with E-state index in [4.69, 9.17) is 9.84 Å². The number of aliphatic carboxylic acids is 1. The molecule has 0 bridgehead atoms. The zero-order valence-electron chi connectivity index (χ0n) is 14.2. The molecule has 132 valence electrons. The maximum Gasteiger partial charge on any atom is 0.303 e. The molecule has 0 aliphatic carbocycles. The van der Waals surface area contributed by atoms with E-state index >= 15 is 0 Å². The quantitative estimate of drug-likeness (QED) is 0.763. The van der Waals surface area contributed by atoms with Gasteiger partial charge in [0.05, 0.1) is 12.4 Å². The van der Waals surface area contributed by atoms with E-state index in [1.807, 2.05) is 36.1 Å². The van der Waals surface area contributed by atoms with Crippen LogP contribution in [0.5, 0.6) is 5.75 Å². The minimum Gasteiger partial charge on any atom is -0.497 e. The molecule has 1 aromatic rings. The second-order valence-corrected chi connectivity index (χ2v) is 7.46. The highest BCUT2D eigenvalue weighted by atomic mass is 32.2. The Bertz CT molecular complexity index is 561. The second-order valence-electron chi connectivity index (χ2n) is 6.05. The Morgan fingerprint density at radius 2 is 2.04 bits per heavy atom. The third-order valence-electron chi connectivity index (χ3n) is 4.32. The number of carboxylic acid groups (broad SMARTS) is 1. The summed E-state index contributed by atoms with van der Waals surface area (Å²) in [6.07, 6.45) is 3.62. The van der Waals surface area contributed by atoms with Gasteiger partial charge < -0.3 is 14.7 Å². The van der Waals surface area contributed by atoms with Gasteiger partial charge in [0.2, 0.25) is 5.91 Å². The summed E-state index contributed by atoms with van der Waals surface area (Å²) in [5.74, 6) is 0.0997. The van der Waals surface area contributed by atoms with Crippen molar-refractivity contribution in [3.8, 4) is 5.75 Å². The van der Waals surface area contributed by atoms with Crippen molar-refractivity contribution < 1.29 is 19.4 Å². The number of thioether (sulfide) groups is 1. The van der Waals surface area contributed by atoms with Crippen molar-refractivity contribution in [3.63, 3.8) is 0 Å². The lowest BCUT2D eigenvalue weighted by atomic mass is 9.97. The molecule has 1 amide bonds. The minimum absolute atomic E-state index is 0.0567. The topological polar surface area (TPSA) is 66.8 Å². The van der Waals surface area contributed by atoms with E-state index in [0.29, 0.717) is 6.42 Å². The number of hydrogen-bond donors (Lipinski definition) is 1. The first kappa shape index (κ1) is 18.6. The molecule has 2 atom stereocenters. The summed E-state index contributed by atoms with van der Waals surface area (Å²) < 4.78 is 5.14. The zero-order chi connectivity index (χ0) is 17.5. The zero-order valence-corrected chi connectivity index (χ0v) is 15.1. The second kappa shape index (κ2) is 8.97. The maximum atomic E-state index is 12.8. The molecule has 1 saturated heterocycles. The van der Waals surface area contributed by atoms with Crippen LogP contribution >= 0.6 is 11.8 Å². The van der Waals surface area contributed by atoms with Crippen LogP contribution in [0.1, 0.15) is 39.0 Å². The van der Waals surface area contributed by atoms with Crippen molar-refractivity contribution in [3.05, 3.63) is 24.3 Å². The molecule has 1 fully saturated rings. The third kappa shape index (κ3) is 5.16. The van der Waals surface area contributed by atoms with Gasteiger partial charge in [-0.3, -0.25) is 9.59 Å². The van der Waals surface area contributed by atoms with Crippen molar-refractivity contribution in [2.75, 3.05) is 13.7 Å². The molecular formula is C18H25NO4S. The summed E-state index contributed by atoms with van der Waals surface area (Å²) in [6.45, 7) is 2.65. The fraction of sp³-hybridized carbons (Fsp3) is 0.556. The van der Waals surface area contributed by atoms with Gasteiger partial charge in [-0.1, -0.05) is 0 Å². The average Bonchev–Trinajstić information content (AvgIpc) is 2.60. The van der Waals surface area contributed by atoms with E-state index in [1.54, 1.807) is 7.11 Å². The summed E-state index contributed by atoms with van der Waals surface area (Å²) in [7, 11) is 1.63. The van der Waals surface area contributed by atoms with Gasteiger partial charge in [0, 0.05) is 23.9 Å². The lowest BCUT2D eigenvalue weighted by Crippen LogP contribution is -2.47. The molecule has 0 saturated carbocycles. The Labute approximate surface area is 147 Å². The van der Waals surface area contributed by atoms with Crippen LogP contribution in [-0.2, 0) is 9.59 Å². The van der Waals surface area contributed by atoms with Gasteiger partial charge in [0.15, 0.2) is 0 Å². The predicted molar refractivity (Wildman–Crippen MR) is 94.5 cm³/mol. The van der Waals surface area contributed by atoms with Gasteiger partial charge in [0.1, 0.15) is 5.75 Å². The molecule has 2 unspecified atom stereocenters. The van der Waals surface area contributed by atoms with Crippen LogP contribution < -0.4 is 4.74 Å². The number of hydrogen-bond acceptors (Lipinski definition) is 4. The van der Waals surface area contributed by atoms with Gasteiger partial charge in [-0.25, -0.2) is 0 Å². The molecule has 24 heavy (non-hydrogen) atoms. The largest absolute Gasteiger partial charge is 0.497 e. The lowest BCUT2D eigenvalue weighted by Gasteiger charge is -2.37. The summed E-state index contributed by atoms with van der Waals surface area (Å²) in [4.78, 5) is 26.6. The first-order chi connectivity index (χ1) is 11.5. The highest BCUT2D eigenvalue weighted by Gasteiger charge is 2.30. The Hall–Kier alpha value is -1.69.